The highest BCUT2D eigenvalue weighted by atomic mass is 16.2. The first-order valence-electron chi connectivity index (χ1n) is 6.65. The zero-order chi connectivity index (χ0) is 15.1. The maximum Gasteiger partial charge on any atom is 0.251 e. The number of hydrogen-bond acceptors (Lipinski definition) is 3. The molecule has 1 amide bonds. The van der Waals surface area contributed by atoms with Gasteiger partial charge in [0.05, 0.1) is 6.33 Å². The maximum absolute atomic E-state index is 12.2. The van der Waals surface area contributed by atoms with Crippen LogP contribution in [0.2, 0.25) is 0 Å². The van der Waals surface area contributed by atoms with Crippen molar-refractivity contribution in [3.05, 3.63) is 54.1 Å². The van der Waals surface area contributed by atoms with Gasteiger partial charge in [-0.15, -0.1) is 0 Å². The van der Waals surface area contributed by atoms with Gasteiger partial charge in [-0.25, -0.2) is 4.98 Å². The number of rotatable bonds is 4. The predicted molar refractivity (Wildman–Crippen MR) is 79.6 cm³/mol. The molecule has 5 heteroatoms. The van der Waals surface area contributed by atoms with E-state index < -0.39 is 0 Å². The molecule has 0 fully saturated rings. The van der Waals surface area contributed by atoms with Gasteiger partial charge in [-0.05, 0) is 25.1 Å². The van der Waals surface area contributed by atoms with Crippen molar-refractivity contribution in [2.45, 2.75) is 19.5 Å². The van der Waals surface area contributed by atoms with Gasteiger partial charge in [0.2, 0.25) is 0 Å². The Bertz CT molecular complexity index is 654. The van der Waals surface area contributed by atoms with Gasteiger partial charge in [0.15, 0.2) is 0 Å². The second kappa shape index (κ2) is 7.27. The van der Waals surface area contributed by atoms with Crippen LogP contribution in [0.25, 0.3) is 0 Å². The minimum atomic E-state index is -0.196. The fraction of sp³-hybridized carbons (Fsp3) is 0.250. The van der Waals surface area contributed by atoms with Gasteiger partial charge in [-0.3, -0.25) is 4.79 Å². The summed E-state index contributed by atoms with van der Waals surface area (Å²) in [7, 11) is 0. The molecule has 0 saturated heterocycles. The fourth-order valence-electron chi connectivity index (χ4n) is 1.94. The van der Waals surface area contributed by atoms with E-state index in [4.69, 9.17) is 5.11 Å². The summed E-state index contributed by atoms with van der Waals surface area (Å²) in [6.07, 6.45) is 5.28. The van der Waals surface area contributed by atoms with Gasteiger partial charge in [-0.1, -0.05) is 17.9 Å². The Kier molecular flexibility index (Phi) is 5.13. The number of aliphatic hydroxyl groups is 1. The van der Waals surface area contributed by atoms with Crippen molar-refractivity contribution in [2.75, 3.05) is 6.61 Å². The molecule has 1 aromatic heterocycles. The number of carbonyl (C=O) groups is 1. The molecule has 0 aliphatic carbocycles. The third-order valence-electron chi connectivity index (χ3n) is 2.86. The van der Waals surface area contributed by atoms with Crippen molar-refractivity contribution in [1.82, 2.24) is 14.9 Å². The van der Waals surface area contributed by atoms with E-state index in [2.05, 4.69) is 22.1 Å². The first kappa shape index (κ1) is 14.8. The molecule has 0 aliphatic heterocycles. The van der Waals surface area contributed by atoms with Crippen molar-refractivity contribution < 1.29 is 9.90 Å². The first-order chi connectivity index (χ1) is 10.2. The van der Waals surface area contributed by atoms with E-state index in [1.807, 2.05) is 17.7 Å². The van der Waals surface area contributed by atoms with E-state index >= 15 is 0 Å². The molecule has 2 rings (SSSR count). The van der Waals surface area contributed by atoms with Crippen LogP contribution in [0.4, 0.5) is 0 Å². The Morgan fingerprint density at radius 3 is 3.10 bits per heavy atom. The molecule has 1 heterocycles. The minimum Gasteiger partial charge on any atom is -0.384 e. The van der Waals surface area contributed by atoms with Crippen LogP contribution in [0.5, 0.6) is 0 Å². The molecule has 0 spiro atoms. The van der Waals surface area contributed by atoms with Crippen LogP contribution in [0.15, 0.2) is 43.0 Å². The van der Waals surface area contributed by atoms with E-state index in [0.29, 0.717) is 17.7 Å². The maximum atomic E-state index is 12.2. The van der Waals surface area contributed by atoms with Crippen LogP contribution >= 0.6 is 0 Å². The van der Waals surface area contributed by atoms with Crippen LogP contribution in [0.1, 0.15) is 22.8 Å². The van der Waals surface area contributed by atoms with E-state index in [9.17, 15) is 4.79 Å². The molecule has 0 aliphatic rings. The number of nitrogens with one attached hydrogen (secondary N) is 1. The number of hydrogen-bond donors (Lipinski definition) is 2. The second-order valence-electron chi connectivity index (χ2n) is 4.67. The fourth-order valence-corrected chi connectivity index (χ4v) is 1.94. The summed E-state index contributed by atoms with van der Waals surface area (Å²) < 4.78 is 1.91. The molecule has 2 aromatic rings. The van der Waals surface area contributed by atoms with Crippen LogP contribution in [-0.2, 0) is 6.54 Å². The van der Waals surface area contributed by atoms with Crippen molar-refractivity contribution in [3.8, 4) is 11.8 Å². The molecule has 2 N–H and O–H groups in total. The smallest absolute Gasteiger partial charge is 0.251 e. The molecule has 1 atom stereocenters. The summed E-state index contributed by atoms with van der Waals surface area (Å²) in [5, 5.41) is 11.6. The molecule has 0 radical (unpaired) electrons. The zero-order valence-corrected chi connectivity index (χ0v) is 11.8. The summed E-state index contributed by atoms with van der Waals surface area (Å²) in [6, 6.07) is 7.01. The van der Waals surface area contributed by atoms with Gasteiger partial charge in [0.25, 0.3) is 5.91 Å². The van der Waals surface area contributed by atoms with Gasteiger partial charge >= 0.3 is 0 Å². The molecule has 21 heavy (non-hydrogen) atoms. The standard InChI is InChI=1S/C16H17N3O2/c1-13(11-19-8-7-17-12-19)18-16(21)15-6-2-4-14(10-15)5-3-9-20/h2,4,6-8,10,12-13,20H,9,11H2,1H3,(H,18,21). The highest BCUT2D eigenvalue weighted by molar-refractivity contribution is 5.94. The molecular weight excluding hydrogens is 266 g/mol. The number of amides is 1. The molecule has 5 nitrogen and oxygen atoms in total. The summed E-state index contributed by atoms with van der Waals surface area (Å²) in [4.78, 5) is 16.1. The molecule has 0 bridgehead atoms. The summed E-state index contributed by atoms with van der Waals surface area (Å²) in [5.41, 5.74) is 1.26. The lowest BCUT2D eigenvalue weighted by molar-refractivity contribution is 0.0936. The molecule has 0 saturated carbocycles. The number of imidazole rings is 1. The van der Waals surface area contributed by atoms with E-state index in [-0.39, 0.29) is 18.6 Å². The van der Waals surface area contributed by atoms with Gasteiger partial charge in [0, 0.05) is 36.1 Å². The predicted octanol–water partition coefficient (Wildman–Crippen LogP) is 1.05. The largest absolute Gasteiger partial charge is 0.384 e. The second-order valence-corrected chi connectivity index (χ2v) is 4.67. The number of aromatic nitrogens is 2. The quantitative estimate of drug-likeness (QED) is 0.824. The van der Waals surface area contributed by atoms with E-state index in [1.165, 1.54) is 0 Å². The van der Waals surface area contributed by atoms with Crippen molar-refractivity contribution >= 4 is 5.91 Å². The lowest BCUT2D eigenvalue weighted by Gasteiger charge is -2.14. The average Bonchev–Trinajstić information content (AvgIpc) is 2.98. The Hall–Kier alpha value is -2.58. The lowest BCUT2D eigenvalue weighted by atomic mass is 10.1. The lowest BCUT2D eigenvalue weighted by Crippen LogP contribution is -2.35. The van der Waals surface area contributed by atoms with Crippen molar-refractivity contribution in [1.29, 1.82) is 0 Å². The SMILES string of the molecule is CC(Cn1ccnc1)NC(=O)c1cccc(C#CCO)c1. The normalized spacial score (nSPS) is 11.3. The summed E-state index contributed by atoms with van der Waals surface area (Å²) in [6.45, 7) is 2.40. The summed E-state index contributed by atoms with van der Waals surface area (Å²) >= 11 is 0. The van der Waals surface area contributed by atoms with Gasteiger partial charge in [0.1, 0.15) is 6.61 Å². The Morgan fingerprint density at radius 2 is 2.38 bits per heavy atom. The van der Waals surface area contributed by atoms with Crippen molar-refractivity contribution in [3.63, 3.8) is 0 Å². The van der Waals surface area contributed by atoms with E-state index in [1.54, 1.807) is 36.8 Å². The van der Waals surface area contributed by atoms with E-state index in [0.717, 1.165) is 0 Å². The first-order valence-corrected chi connectivity index (χ1v) is 6.65. The highest BCUT2D eigenvalue weighted by Crippen LogP contribution is 2.05. The summed E-state index contributed by atoms with van der Waals surface area (Å²) in [5.74, 6) is 5.21. The topological polar surface area (TPSA) is 67.2 Å². The zero-order valence-electron chi connectivity index (χ0n) is 11.8. The number of carbonyl (C=O) groups excluding carboxylic acids is 1. The van der Waals surface area contributed by atoms with Gasteiger partial charge in [-0.2, -0.15) is 0 Å². The van der Waals surface area contributed by atoms with Gasteiger partial charge < -0.3 is 15.0 Å². The molecular formula is C16H17N3O2. The minimum absolute atomic E-state index is 0.0149. The van der Waals surface area contributed by atoms with Crippen LogP contribution in [0, 0.1) is 11.8 Å². The Balaban J connectivity index is 1.99. The average molecular weight is 283 g/mol. The van der Waals surface area contributed by atoms with Crippen molar-refractivity contribution in [2.24, 2.45) is 0 Å². The highest BCUT2D eigenvalue weighted by Gasteiger charge is 2.10. The monoisotopic (exact) mass is 283 g/mol. The van der Waals surface area contributed by atoms with Crippen LogP contribution < -0.4 is 5.32 Å². The Morgan fingerprint density at radius 1 is 1.52 bits per heavy atom. The Labute approximate surface area is 123 Å². The third-order valence-corrected chi connectivity index (χ3v) is 2.86. The van der Waals surface area contributed by atoms with Crippen LogP contribution in [0.3, 0.4) is 0 Å². The number of nitrogens with zero attached hydrogens (tertiary/aromatic N) is 2. The number of aliphatic hydroxyl groups excluding tert-OH is 1. The number of benzene rings is 1. The van der Waals surface area contributed by atoms with Crippen LogP contribution in [-0.4, -0.2) is 33.2 Å². The molecule has 108 valence electrons. The molecule has 1 aromatic carbocycles. The third kappa shape index (κ3) is 4.48. The molecule has 1 unspecified atom stereocenters.